The molecule has 148 valence electrons. The standard InChI is InChI=1S/C19H29N3O3SSi/c1-19(2,3)27(5,6)25-15-9-7-8-14(15)17-16-13(10-11-20-17)12-21-18(22-16)26(4,23)24/h10-12,14-15H,7-9H2,1-6H3. The molecule has 2 aromatic rings. The smallest absolute Gasteiger partial charge is 0.247 e. The van der Waals surface area contributed by atoms with Gasteiger partial charge in [0, 0.05) is 30.0 Å². The molecule has 2 heterocycles. The summed E-state index contributed by atoms with van der Waals surface area (Å²) in [6.45, 7) is 11.3. The first-order valence-electron chi connectivity index (χ1n) is 9.40. The Morgan fingerprint density at radius 3 is 2.52 bits per heavy atom. The minimum Gasteiger partial charge on any atom is -0.413 e. The fourth-order valence-corrected chi connectivity index (χ4v) is 5.24. The van der Waals surface area contributed by atoms with E-state index in [1.54, 1.807) is 12.4 Å². The molecule has 0 spiro atoms. The summed E-state index contributed by atoms with van der Waals surface area (Å²) in [5.74, 6) is 0.130. The van der Waals surface area contributed by atoms with Crippen molar-refractivity contribution in [3.63, 3.8) is 0 Å². The van der Waals surface area contributed by atoms with Crippen molar-refractivity contribution in [3.8, 4) is 0 Å². The van der Waals surface area contributed by atoms with Crippen molar-refractivity contribution in [2.45, 2.75) is 75.3 Å². The van der Waals surface area contributed by atoms with Crippen LogP contribution in [0.1, 0.15) is 51.6 Å². The predicted molar refractivity (Wildman–Crippen MR) is 109 cm³/mol. The van der Waals surface area contributed by atoms with Crippen molar-refractivity contribution in [1.82, 2.24) is 15.0 Å². The van der Waals surface area contributed by atoms with Crippen LogP contribution in [0.15, 0.2) is 23.6 Å². The predicted octanol–water partition coefficient (Wildman–Crippen LogP) is 4.09. The molecule has 1 aliphatic rings. The highest BCUT2D eigenvalue weighted by molar-refractivity contribution is 7.90. The summed E-state index contributed by atoms with van der Waals surface area (Å²) in [4.78, 5) is 13.0. The molecule has 2 aromatic heterocycles. The van der Waals surface area contributed by atoms with Crippen LogP contribution in [0.2, 0.25) is 18.1 Å². The Bertz CT molecular complexity index is 954. The Morgan fingerprint density at radius 1 is 1.19 bits per heavy atom. The topological polar surface area (TPSA) is 82.0 Å². The number of aromatic nitrogens is 3. The Morgan fingerprint density at radius 2 is 1.89 bits per heavy atom. The summed E-state index contributed by atoms with van der Waals surface area (Å²) >= 11 is 0. The lowest BCUT2D eigenvalue weighted by Gasteiger charge is -2.39. The van der Waals surface area contributed by atoms with Gasteiger partial charge in [-0.25, -0.2) is 18.4 Å². The first-order valence-corrected chi connectivity index (χ1v) is 14.2. The Kier molecular flexibility index (Phi) is 5.20. The van der Waals surface area contributed by atoms with E-state index in [0.29, 0.717) is 5.52 Å². The van der Waals surface area contributed by atoms with E-state index in [-0.39, 0.29) is 22.2 Å². The molecule has 8 heteroatoms. The average molecular weight is 408 g/mol. The van der Waals surface area contributed by atoms with Gasteiger partial charge in [-0.3, -0.25) is 4.98 Å². The van der Waals surface area contributed by atoms with Crippen LogP contribution in [-0.2, 0) is 14.3 Å². The van der Waals surface area contributed by atoms with Gasteiger partial charge in [0.15, 0.2) is 8.32 Å². The van der Waals surface area contributed by atoms with Gasteiger partial charge in [-0.1, -0.05) is 27.2 Å². The van der Waals surface area contributed by atoms with Crippen molar-refractivity contribution in [1.29, 1.82) is 0 Å². The summed E-state index contributed by atoms with van der Waals surface area (Å²) in [5, 5.41) is 0.798. The SMILES string of the molecule is CC(C)(C)[Si](C)(C)OC1CCCC1c1nccc2cnc(S(C)(=O)=O)nc12. The van der Waals surface area contributed by atoms with Gasteiger partial charge in [0.05, 0.1) is 17.3 Å². The van der Waals surface area contributed by atoms with E-state index in [4.69, 9.17) is 4.43 Å². The monoisotopic (exact) mass is 407 g/mol. The molecule has 6 nitrogen and oxygen atoms in total. The molecule has 1 aliphatic carbocycles. The molecular formula is C19H29N3O3SSi. The maximum atomic E-state index is 11.9. The molecule has 27 heavy (non-hydrogen) atoms. The molecule has 0 bridgehead atoms. The molecule has 1 fully saturated rings. The summed E-state index contributed by atoms with van der Waals surface area (Å²) in [7, 11) is -5.38. The maximum Gasteiger partial charge on any atom is 0.247 e. The zero-order valence-corrected chi connectivity index (χ0v) is 18.8. The molecule has 0 aromatic carbocycles. The first-order chi connectivity index (χ1) is 12.4. The van der Waals surface area contributed by atoms with Gasteiger partial charge in [-0.2, -0.15) is 0 Å². The van der Waals surface area contributed by atoms with Gasteiger partial charge in [0.2, 0.25) is 15.0 Å². The molecule has 0 radical (unpaired) electrons. The van der Waals surface area contributed by atoms with Crippen molar-refractivity contribution in [2.24, 2.45) is 0 Å². The van der Waals surface area contributed by atoms with Crippen molar-refractivity contribution >= 4 is 29.1 Å². The highest BCUT2D eigenvalue weighted by Gasteiger charge is 2.43. The quantitative estimate of drug-likeness (QED) is 0.561. The van der Waals surface area contributed by atoms with Crippen LogP contribution in [0.4, 0.5) is 0 Å². The highest BCUT2D eigenvalue weighted by Crippen LogP contribution is 2.44. The van der Waals surface area contributed by atoms with E-state index in [1.807, 2.05) is 6.07 Å². The third kappa shape index (κ3) is 4.07. The number of nitrogens with zero attached hydrogens (tertiary/aromatic N) is 3. The highest BCUT2D eigenvalue weighted by atomic mass is 32.2. The minimum absolute atomic E-state index is 0.0978. The number of pyridine rings is 1. The van der Waals surface area contributed by atoms with Gasteiger partial charge in [0.25, 0.3) is 0 Å². The number of rotatable bonds is 4. The Labute approximate surface area is 162 Å². The second-order valence-corrected chi connectivity index (χ2v) is 15.7. The average Bonchev–Trinajstić information content (AvgIpc) is 2.99. The van der Waals surface area contributed by atoms with E-state index >= 15 is 0 Å². The van der Waals surface area contributed by atoms with Crippen LogP contribution in [0.25, 0.3) is 10.9 Å². The molecule has 0 N–H and O–H groups in total. The molecule has 1 saturated carbocycles. The van der Waals surface area contributed by atoms with Gasteiger partial charge < -0.3 is 4.43 Å². The van der Waals surface area contributed by atoms with Crippen molar-refractivity contribution in [2.75, 3.05) is 6.26 Å². The Hall–Kier alpha value is -1.38. The number of fused-ring (bicyclic) bond motifs is 1. The first kappa shape index (κ1) is 20.4. The third-order valence-corrected chi connectivity index (χ3v) is 11.3. The molecule has 2 atom stereocenters. The van der Waals surface area contributed by atoms with Gasteiger partial charge >= 0.3 is 0 Å². The van der Waals surface area contributed by atoms with E-state index in [2.05, 4.69) is 48.8 Å². The molecule has 2 unspecified atom stereocenters. The molecule has 0 amide bonds. The number of hydrogen-bond acceptors (Lipinski definition) is 6. The van der Waals surface area contributed by atoms with Crippen LogP contribution < -0.4 is 0 Å². The normalized spacial score (nSPS) is 21.7. The Balaban J connectivity index is 2.03. The van der Waals surface area contributed by atoms with E-state index < -0.39 is 18.2 Å². The second-order valence-electron chi connectivity index (χ2n) is 9.01. The van der Waals surface area contributed by atoms with Crippen LogP contribution in [0, 0.1) is 0 Å². The summed E-state index contributed by atoms with van der Waals surface area (Å²) in [6, 6.07) is 1.82. The van der Waals surface area contributed by atoms with Gasteiger partial charge in [-0.05, 0) is 37.0 Å². The second kappa shape index (κ2) is 6.90. The van der Waals surface area contributed by atoms with E-state index in [1.165, 1.54) is 0 Å². The summed E-state index contributed by atoms with van der Waals surface area (Å²) < 4.78 is 30.5. The molecular weight excluding hydrogens is 378 g/mol. The number of sulfone groups is 1. The lowest BCUT2D eigenvalue weighted by atomic mass is 9.99. The fourth-order valence-electron chi connectivity index (χ4n) is 3.35. The zero-order chi connectivity index (χ0) is 20.0. The van der Waals surface area contributed by atoms with Crippen LogP contribution in [0.3, 0.4) is 0 Å². The van der Waals surface area contributed by atoms with E-state index in [0.717, 1.165) is 36.6 Å². The van der Waals surface area contributed by atoms with Crippen LogP contribution in [-0.4, -0.2) is 44.0 Å². The van der Waals surface area contributed by atoms with Crippen LogP contribution in [0.5, 0.6) is 0 Å². The summed E-state index contributed by atoms with van der Waals surface area (Å²) in [5.41, 5.74) is 1.46. The fraction of sp³-hybridized carbons (Fsp3) is 0.632. The van der Waals surface area contributed by atoms with Crippen molar-refractivity contribution in [3.05, 3.63) is 24.2 Å². The lowest BCUT2D eigenvalue weighted by Crippen LogP contribution is -2.44. The van der Waals surface area contributed by atoms with Gasteiger partial charge in [0.1, 0.15) is 0 Å². The van der Waals surface area contributed by atoms with E-state index in [9.17, 15) is 8.42 Å². The zero-order valence-electron chi connectivity index (χ0n) is 17.0. The molecule has 0 aliphatic heterocycles. The molecule has 0 saturated heterocycles. The summed E-state index contributed by atoms with van der Waals surface area (Å²) in [6.07, 6.45) is 7.60. The lowest BCUT2D eigenvalue weighted by molar-refractivity contribution is 0.169. The van der Waals surface area contributed by atoms with Gasteiger partial charge in [-0.15, -0.1) is 0 Å². The molecule has 3 rings (SSSR count). The van der Waals surface area contributed by atoms with Crippen molar-refractivity contribution < 1.29 is 12.8 Å². The maximum absolute atomic E-state index is 11.9. The third-order valence-electron chi connectivity index (χ3n) is 5.89. The minimum atomic E-state index is -3.47. The number of hydrogen-bond donors (Lipinski definition) is 0. The largest absolute Gasteiger partial charge is 0.413 e. The van der Waals surface area contributed by atoms with Crippen LogP contribution >= 0.6 is 0 Å².